The van der Waals surface area contributed by atoms with Crippen molar-refractivity contribution >= 4 is 55.8 Å². The summed E-state index contributed by atoms with van der Waals surface area (Å²) in [6.45, 7) is 7.83. The normalized spacial score (nSPS) is 17.5. The monoisotopic (exact) mass is 746 g/mol. The molecule has 0 bridgehead atoms. The molecule has 53 heavy (non-hydrogen) atoms. The minimum Gasteiger partial charge on any atom is -0.396 e. The fourth-order valence-corrected chi connectivity index (χ4v) is 8.05. The Kier molecular flexibility index (Phi) is 12.9. The number of para-hydroxylation sites is 1. The number of carbonyl (C=O) groups is 3. The smallest absolute Gasteiger partial charge is 0.396 e. The predicted octanol–water partition coefficient (Wildman–Crippen LogP) is 4.12. The van der Waals surface area contributed by atoms with Crippen LogP contribution in [0.5, 0.6) is 0 Å². The van der Waals surface area contributed by atoms with Gasteiger partial charge in [-0.1, -0.05) is 55.5 Å². The summed E-state index contributed by atoms with van der Waals surface area (Å²) >= 11 is 0. The molecule has 0 aliphatic carbocycles. The topological polar surface area (TPSA) is 124 Å². The quantitative estimate of drug-likeness (QED) is 0.0498. The van der Waals surface area contributed by atoms with Gasteiger partial charge in [0.2, 0.25) is 5.69 Å². The van der Waals surface area contributed by atoms with Gasteiger partial charge in [-0.15, -0.1) is 40.8 Å². The number of anilines is 1. The third kappa shape index (κ3) is 8.87. The SMILES string of the molecule is C[C-]1\C(=C/C=C/C=C/C2=[N+](CCCCS(=O)(=O)O)c3ccc4ccccc4c3C2(C)C)N(CCCCC(=O)ON2C(=O)CCC2=O)c2ccccc21.[Na+]. The molecule has 0 saturated carbocycles. The molecule has 0 atom stereocenters. The van der Waals surface area contributed by atoms with Crippen LogP contribution in [0.25, 0.3) is 10.8 Å². The number of benzene rings is 3. The van der Waals surface area contributed by atoms with Crippen LogP contribution in [-0.4, -0.2) is 64.9 Å². The zero-order valence-corrected chi connectivity index (χ0v) is 33.7. The summed E-state index contributed by atoms with van der Waals surface area (Å²) < 4.78 is 34.3. The first-order valence-electron chi connectivity index (χ1n) is 17.8. The van der Waals surface area contributed by atoms with E-state index in [1.807, 2.05) is 36.4 Å². The first-order valence-corrected chi connectivity index (χ1v) is 19.4. The van der Waals surface area contributed by atoms with Crippen molar-refractivity contribution in [3.8, 4) is 0 Å². The molecule has 0 aromatic heterocycles. The van der Waals surface area contributed by atoms with Gasteiger partial charge in [0.25, 0.3) is 21.9 Å². The van der Waals surface area contributed by atoms with Crippen molar-refractivity contribution in [3.63, 3.8) is 0 Å². The number of allylic oxidation sites excluding steroid dienone is 6. The van der Waals surface area contributed by atoms with Gasteiger partial charge in [-0.25, -0.2) is 4.79 Å². The van der Waals surface area contributed by atoms with Crippen LogP contribution < -0.4 is 34.5 Å². The summed E-state index contributed by atoms with van der Waals surface area (Å²) in [4.78, 5) is 43.2. The third-order valence-corrected chi connectivity index (χ3v) is 10.8. The molecule has 272 valence electrons. The van der Waals surface area contributed by atoms with Crippen molar-refractivity contribution in [2.75, 3.05) is 23.7 Å². The van der Waals surface area contributed by atoms with E-state index in [0.29, 0.717) is 43.8 Å². The molecule has 0 unspecified atom stereocenters. The van der Waals surface area contributed by atoms with Crippen molar-refractivity contribution in [1.29, 1.82) is 0 Å². The van der Waals surface area contributed by atoms with Crippen molar-refractivity contribution in [3.05, 3.63) is 114 Å². The molecule has 0 radical (unpaired) electrons. The van der Waals surface area contributed by atoms with Gasteiger partial charge in [0.15, 0.2) is 5.71 Å². The number of hydrogen-bond donors (Lipinski definition) is 1. The summed E-state index contributed by atoms with van der Waals surface area (Å²) in [6.07, 6.45) is 12.7. The molecular formula is C41H45N3NaO7S+. The molecule has 2 amide bonds. The molecule has 0 spiro atoms. The second kappa shape index (κ2) is 17.0. The molecule has 6 rings (SSSR count). The first kappa shape index (κ1) is 40.2. The summed E-state index contributed by atoms with van der Waals surface area (Å²) in [6, 6.07) is 20.9. The Morgan fingerprint density at radius 2 is 1.66 bits per heavy atom. The maximum absolute atomic E-state index is 12.3. The molecule has 3 heterocycles. The molecule has 3 aliphatic rings. The number of unbranched alkanes of at least 4 members (excludes halogenated alkanes) is 2. The molecule has 12 heteroatoms. The molecule has 1 N–H and O–H groups in total. The van der Waals surface area contributed by atoms with E-state index < -0.39 is 27.9 Å². The van der Waals surface area contributed by atoms with E-state index in [1.54, 1.807) is 0 Å². The summed E-state index contributed by atoms with van der Waals surface area (Å²) in [5, 5.41) is 2.95. The average molecular weight is 747 g/mol. The zero-order valence-electron chi connectivity index (χ0n) is 30.9. The first-order chi connectivity index (χ1) is 24.9. The van der Waals surface area contributed by atoms with Crippen LogP contribution in [-0.2, 0) is 34.8 Å². The number of rotatable bonds is 14. The molecular weight excluding hydrogens is 702 g/mol. The summed E-state index contributed by atoms with van der Waals surface area (Å²) in [7, 11) is -4.02. The van der Waals surface area contributed by atoms with E-state index in [2.05, 4.69) is 84.9 Å². The molecule has 1 fully saturated rings. The van der Waals surface area contributed by atoms with Crippen LogP contribution in [0.15, 0.2) is 96.7 Å². The van der Waals surface area contributed by atoms with Gasteiger partial charge < -0.3 is 9.74 Å². The van der Waals surface area contributed by atoms with E-state index in [0.717, 1.165) is 34.3 Å². The number of hydroxylamine groups is 2. The zero-order chi connectivity index (χ0) is 37.0. The van der Waals surface area contributed by atoms with Gasteiger partial charge in [0.05, 0.1) is 11.2 Å². The van der Waals surface area contributed by atoms with Gasteiger partial charge in [-0.05, 0) is 61.3 Å². The van der Waals surface area contributed by atoms with E-state index >= 15 is 0 Å². The minimum absolute atomic E-state index is 0. The number of hydrogen-bond acceptors (Lipinski definition) is 7. The van der Waals surface area contributed by atoms with Crippen LogP contribution in [0.4, 0.5) is 11.4 Å². The predicted molar refractivity (Wildman–Crippen MR) is 202 cm³/mol. The third-order valence-electron chi connectivity index (χ3n) is 10.0. The Morgan fingerprint density at radius 3 is 2.42 bits per heavy atom. The standard InChI is InChI=1S/C41H45N3O7S.Na/c1-29-31-16-9-10-19-34(31)42(26-12-11-21-39(47)51-44-37(45)24-25-38(44)46)33(29)18-5-4-6-20-36-41(2,3)40-32-17-8-7-15-30(32)22-23-35(40)43(36)27-13-14-28-52(48,49)50;/h4-10,15-20,22-23H,11-14,21,24-28H2,1-3H3,(H,48,49,50);/q;+1. The van der Waals surface area contributed by atoms with Gasteiger partial charge in [-0.2, -0.15) is 13.0 Å². The van der Waals surface area contributed by atoms with E-state index in [-0.39, 0.29) is 60.0 Å². The van der Waals surface area contributed by atoms with Crippen LogP contribution in [0, 0.1) is 5.92 Å². The van der Waals surface area contributed by atoms with Gasteiger partial charge in [0.1, 0.15) is 6.54 Å². The Hall–Kier alpha value is -4.00. The average Bonchev–Trinajstić information content (AvgIpc) is 3.65. The Balaban J connectivity index is 0.00000541. The van der Waals surface area contributed by atoms with Crippen LogP contribution in [0.1, 0.15) is 76.8 Å². The molecule has 3 aromatic rings. The Morgan fingerprint density at radius 1 is 0.943 bits per heavy atom. The largest absolute Gasteiger partial charge is 1.00 e. The molecule has 1 saturated heterocycles. The minimum atomic E-state index is -4.02. The van der Waals surface area contributed by atoms with Gasteiger partial charge in [0, 0.05) is 49.9 Å². The number of imide groups is 1. The van der Waals surface area contributed by atoms with Crippen LogP contribution >= 0.6 is 0 Å². The fourth-order valence-electron chi connectivity index (χ4n) is 7.48. The Labute approximate surface area is 333 Å². The van der Waals surface area contributed by atoms with Crippen molar-refractivity contribution in [2.24, 2.45) is 0 Å². The number of fused-ring (bicyclic) bond motifs is 4. The maximum Gasteiger partial charge on any atom is 1.00 e. The van der Waals surface area contributed by atoms with E-state index in [1.165, 1.54) is 16.3 Å². The van der Waals surface area contributed by atoms with Gasteiger partial charge in [-0.3, -0.25) is 14.1 Å². The Bertz CT molecular complexity index is 2120. The summed E-state index contributed by atoms with van der Waals surface area (Å²) in [5.41, 5.74) is 6.46. The van der Waals surface area contributed by atoms with Crippen LogP contribution in [0.2, 0.25) is 0 Å². The second-order valence-electron chi connectivity index (χ2n) is 13.9. The van der Waals surface area contributed by atoms with E-state index in [9.17, 15) is 27.4 Å². The number of carbonyl (C=O) groups excluding carboxylic acids is 3. The fraction of sp³-hybridized carbons (Fsp3) is 0.341. The second-order valence-corrected chi connectivity index (χ2v) is 15.5. The van der Waals surface area contributed by atoms with Crippen molar-refractivity contribution in [2.45, 2.75) is 71.1 Å². The van der Waals surface area contributed by atoms with Crippen LogP contribution in [0.3, 0.4) is 0 Å². The van der Waals surface area contributed by atoms with Crippen molar-refractivity contribution < 1.29 is 66.3 Å². The number of amides is 2. The molecule has 10 nitrogen and oxygen atoms in total. The van der Waals surface area contributed by atoms with Gasteiger partial charge >= 0.3 is 35.5 Å². The maximum atomic E-state index is 12.3. The molecule has 3 aromatic carbocycles. The van der Waals surface area contributed by atoms with Crippen molar-refractivity contribution in [1.82, 2.24) is 5.06 Å². The molecule has 3 aliphatic heterocycles. The summed E-state index contributed by atoms with van der Waals surface area (Å²) in [5.74, 6) is -0.656. The van der Waals surface area contributed by atoms with E-state index in [4.69, 9.17) is 4.84 Å². The number of nitrogens with zero attached hydrogens (tertiary/aromatic N) is 3.